The fourth-order valence-electron chi connectivity index (χ4n) is 3.12. The van der Waals surface area contributed by atoms with Crippen LogP contribution in [0.5, 0.6) is 0 Å². The SMILES string of the molecule is CCC(CC)(CNC(C)C)CN1CCc2sccc2C1. The van der Waals surface area contributed by atoms with Gasteiger partial charge in [0, 0.05) is 37.1 Å². The highest BCUT2D eigenvalue weighted by Crippen LogP contribution is 2.31. The van der Waals surface area contributed by atoms with Crippen molar-refractivity contribution in [2.75, 3.05) is 19.6 Å². The molecule has 114 valence electrons. The summed E-state index contributed by atoms with van der Waals surface area (Å²) < 4.78 is 0. The van der Waals surface area contributed by atoms with E-state index in [1.165, 1.54) is 32.4 Å². The van der Waals surface area contributed by atoms with Gasteiger partial charge in [0.15, 0.2) is 0 Å². The highest BCUT2D eigenvalue weighted by Gasteiger charge is 2.30. The van der Waals surface area contributed by atoms with Crippen LogP contribution in [0.15, 0.2) is 11.4 Å². The number of thiophene rings is 1. The molecule has 20 heavy (non-hydrogen) atoms. The molecule has 0 amide bonds. The predicted octanol–water partition coefficient (Wildman–Crippen LogP) is 3.91. The molecule has 1 aliphatic rings. The van der Waals surface area contributed by atoms with Crippen molar-refractivity contribution in [2.45, 2.75) is 59.5 Å². The molecule has 0 fully saturated rings. The van der Waals surface area contributed by atoms with Crippen molar-refractivity contribution < 1.29 is 0 Å². The summed E-state index contributed by atoms with van der Waals surface area (Å²) >= 11 is 1.93. The number of hydrogen-bond donors (Lipinski definition) is 1. The summed E-state index contributed by atoms with van der Waals surface area (Å²) in [5.74, 6) is 0. The third-order valence-corrected chi connectivity index (χ3v) is 5.85. The van der Waals surface area contributed by atoms with Gasteiger partial charge in [-0.3, -0.25) is 4.90 Å². The number of hydrogen-bond acceptors (Lipinski definition) is 3. The molecule has 1 aromatic rings. The molecule has 0 radical (unpaired) electrons. The van der Waals surface area contributed by atoms with Crippen molar-refractivity contribution in [1.82, 2.24) is 10.2 Å². The molecule has 1 aromatic heterocycles. The van der Waals surface area contributed by atoms with Crippen LogP contribution in [0.4, 0.5) is 0 Å². The summed E-state index contributed by atoms with van der Waals surface area (Å²) in [6.45, 7) is 14.0. The van der Waals surface area contributed by atoms with Crippen molar-refractivity contribution in [1.29, 1.82) is 0 Å². The second-order valence-corrected chi connectivity index (χ2v) is 7.57. The van der Waals surface area contributed by atoms with Crippen LogP contribution in [-0.2, 0) is 13.0 Å². The van der Waals surface area contributed by atoms with Gasteiger partial charge in [0.25, 0.3) is 0 Å². The van der Waals surface area contributed by atoms with Crippen LogP contribution >= 0.6 is 11.3 Å². The minimum absolute atomic E-state index is 0.428. The van der Waals surface area contributed by atoms with Crippen LogP contribution in [-0.4, -0.2) is 30.6 Å². The van der Waals surface area contributed by atoms with E-state index in [9.17, 15) is 0 Å². The highest BCUT2D eigenvalue weighted by atomic mass is 32.1. The van der Waals surface area contributed by atoms with Gasteiger partial charge in [0.05, 0.1) is 0 Å². The quantitative estimate of drug-likeness (QED) is 0.820. The lowest BCUT2D eigenvalue weighted by Crippen LogP contribution is -2.46. The van der Waals surface area contributed by atoms with E-state index in [1.807, 2.05) is 11.3 Å². The molecule has 0 saturated heterocycles. The molecule has 2 rings (SSSR count). The minimum atomic E-state index is 0.428. The Morgan fingerprint density at radius 3 is 2.75 bits per heavy atom. The second kappa shape index (κ2) is 7.06. The van der Waals surface area contributed by atoms with E-state index in [0.29, 0.717) is 11.5 Å². The molecule has 0 atom stereocenters. The molecule has 3 heteroatoms. The minimum Gasteiger partial charge on any atom is -0.314 e. The molecule has 1 N–H and O–H groups in total. The smallest absolute Gasteiger partial charge is 0.0245 e. The van der Waals surface area contributed by atoms with Gasteiger partial charge in [0.2, 0.25) is 0 Å². The average Bonchev–Trinajstić information content (AvgIpc) is 2.91. The van der Waals surface area contributed by atoms with E-state index in [4.69, 9.17) is 0 Å². The van der Waals surface area contributed by atoms with Crippen molar-refractivity contribution in [3.63, 3.8) is 0 Å². The van der Waals surface area contributed by atoms with E-state index in [0.717, 1.165) is 13.1 Å². The van der Waals surface area contributed by atoms with Crippen molar-refractivity contribution in [3.8, 4) is 0 Å². The van der Waals surface area contributed by atoms with Gasteiger partial charge in [-0.2, -0.15) is 0 Å². The van der Waals surface area contributed by atoms with E-state index in [-0.39, 0.29) is 0 Å². The average molecular weight is 295 g/mol. The first-order valence-corrected chi connectivity index (χ1v) is 8.97. The van der Waals surface area contributed by atoms with E-state index in [1.54, 1.807) is 10.4 Å². The normalized spacial score (nSPS) is 16.6. The molecule has 0 spiro atoms. The molecule has 2 nitrogen and oxygen atoms in total. The molecule has 0 aromatic carbocycles. The largest absolute Gasteiger partial charge is 0.314 e. The first kappa shape index (κ1) is 16.0. The molecular weight excluding hydrogens is 264 g/mol. The molecule has 1 aliphatic heterocycles. The fraction of sp³-hybridized carbons (Fsp3) is 0.765. The van der Waals surface area contributed by atoms with Gasteiger partial charge < -0.3 is 5.32 Å². The lowest BCUT2D eigenvalue weighted by Gasteiger charge is -2.39. The Bertz CT molecular complexity index is 407. The van der Waals surface area contributed by atoms with Gasteiger partial charge in [0.1, 0.15) is 0 Å². The summed E-state index contributed by atoms with van der Waals surface area (Å²) in [6, 6.07) is 2.90. The van der Waals surface area contributed by atoms with Gasteiger partial charge in [-0.1, -0.05) is 27.7 Å². The Balaban J connectivity index is 1.98. The van der Waals surface area contributed by atoms with Crippen molar-refractivity contribution in [3.05, 3.63) is 21.9 Å². The summed E-state index contributed by atoms with van der Waals surface area (Å²) in [4.78, 5) is 4.28. The van der Waals surface area contributed by atoms with Crippen LogP contribution in [0.1, 0.15) is 51.0 Å². The van der Waals surface area contributed by atoms with E-state index >= 15 is 0 Å². The Morgan fingerprint density at radius 1 is 1.35 bits per heavy atom. The Kier molecular flexibility index (Phi) is 5.65. The molecule has 2 heterocycles. The van der Waals surface area contributed by atoms with Crippen LogP contribution in [0.3, 0.4) is 0 Å². The first-order chi connectivity index (χ1) is 9.58. The Hall–Kier alpha value is -0.380. The zero-order valence-electron chi connectivity index (χ0n) is 13.5. The van der Waals surface area contributed by atoms with Gasteiger partial charge in [-0.25, -0.2) is 0 Å². The molecule has 0 saturated carbocycles. The second-order valence-electron chi connectivity index (χ2n) is 6.57. The molecule has 0 unspecified atom stereocenters. The maximum absolute atomic E-state index is 3.67. The maximum Gasteiger partial charge on any atom is 0.0245 e. The number of nitrogens with one attached hydrogen (secondary N) is 1. The predicted molar refractivity (Wildman–Crippen MR) is 89.5 cm³/mol. The van der Waals surface area contributed by atoms with Crippen LogP contribution in [0, 0.1) is 5.41 Å². The Labute approximate surface area is 128 Å². The zero-order valence-corrected chi connectivity index (χ0v) is 14.4. The summed E-state index contributed by atoms with van der Waals surface area (Å²) in [6.07, 6.45) is 3.76. The number of rotatable bonds is 7. The van der Waals surface area contributed by atoms with Crippen LogP contribution in [0.25, 0.3) is 0 Å². The van der Waals surface area contributed by atoms with Crippen molar-refractivity contribution in [2.24, 2.45) is 5.41 Å². The third-order valence-electron chi connectivity index (χ3n) is 4.83. The Morgan fingerprint density at radius 2 is 2.10 bits per heavy atom. The first-order valence-electron chi connectivity index (χ1n) is 8.09. The molecule has 0 bridgehead atoms. The lowest BCUT2D eigenvalue weighted by molar-refractivity contribution is 0.122. The molecular formula is C17H30N2S. The fourth-order valence-corrected chi connectivity index (χ4v) is 4.01. The van der Waals surface area contributed by atoms with Gasteiger partial charge in [-0.05, 0) is 41.7 Å². The zero-order chi connectivity index (χ0) is 14.6. The standard InChI is InChI=1S/C17H30N2S/c1-5-17(6-2,12-18-14(3)4)13-19-9-7-16-15(11-19)8-10-20-16/h8,10,14,18H,5-7,9,11-13H2,1-4H3. The summed E-state index contributed by atoms with van der Waals surface area (Å²) in [7, 11) is 0. The number of fused-ring (bicyclic) bond motifs is 1. The lowest BCUT2D eigenvalue weighted by atomic mass is 9.81. The van der Waals surface area contributed by atoms with Gasteiger partial charge in [-0.15, -0.1) is 11.3 Å². The third kappa shape index (κ3) is 3.84. The monoisotopic (exact) mass is 294 g/mol. The van der Waals surface area contributed by atoms with E-state index < -0.39 is 0 Å². The van der Waals surface area contributed by atoms with Crippen LogP contribution in [0.2, 0.25) is 0 Å². The topological polar surface area (TPSA) is 15.3 Å². The molecule has 0 aliphatic carbocycles. The van der Waals surface area contributed by atoms with Crippen molar-refractivity contribution >= 4 is 11.3 Å². The summed E-state index contributed by atoms with van der Waals surface area (Å²) in [5, 5.41) is 5.92. The van der Waals surface area contributed by atoms with Gasteiger partial charge >= 0.3 is 0 Å². The summed E-state index contributed by atoms with van der Waals surface area (Å²) in [5.41, 5.74) is 2.00. The number of nitrogens with zero attached hydrogens (tertiary/aromatic N) is 1. The highest BCUT2D eigenvalue weighted by molar-refractivity contribution is 7.10. The van der Waals surface area contributed by atoms with Crippen LogP contribution < -0.4 is 5.32 Å². The maximum atomic E-state index is 3.67. The van der Waals surface area contributed by atoms with E-state index in [2.05, 4.69) is 49.4 Å².